The van der Waals surface area contributed by atoms with E-state index in [1.54, 1.807) is 20.2 Å². The van der Waals surface area contributed by atoms with Crippen molar-refractivity contribution in [3.63, 3.8) is 0 Å². The molecule has 27 heavy (non-hydrogen) atoms. The predicted octanol–water partition coefficient (Wildman–Crippen LogP) is 3.11. The number of benzene rings is 1. The maximum atomic E-state index is 13.4. The molecule has 2 aromatic rings. The number of guanidine groups is 1. The van der Waals surface area contributed by atoms with Gasteiger partial charge in [-0.2, -0.15) is 5.10 Å². The minimum atomic E-state index is -0.228. The average molecular weight is 489 g/mol. The summed E-state index contributed by atoms with van der Waals surface area (Å²) >= 11 is 0. The highest BCUT2D eigenvalue weighted by Crippen LogP contribution is 2.13. The first-order valence-electron chi connectivity index (χ1n) is 8.64. The van der Waals surface area contributed by atoms with Gasteiger partial charge in [-0.1, -0.05) is 12.1 Å². The number of nitrogens with one attached hydrogen (secondary N) is 1. The number of methoxy groups -OCH3 is 1. The third-order valence-electron chi connectivity index (χ3n) is 4.34. The van der Waals surface area contributed by atoms with Gasteiger partial charge in [0.15, 0.2) is 5.96 Å². The van der Waals surface area contributed by atoms with E-state index >= 15 is 0 Å². The van der Waals surface area contributed by atoms with Crippen LogP contribution in [-0.2, 0) is 24.4 Å². The van der Waals surface area contributed by atoms with Crippen molar-refractivity contribution in [3.8, 4) is 0 Å². The molecule has 0 unspecified atom stereocenters. The highest BCUT2D eigenvalue weighted by atomic mass is 127. The van der Waals surface area contributed by atoms with Crippen molar-refractivity contribution in [1.29, 1.82) is 0 Å². The second-order valence-electron chi connectivity index (χ2n) is 6.25. The van der Waals surface area contributed by atoms with Crippen LogP contribution in [0.15, 0.2) is 29.3 Å². The third-order valence-corrected chi connectivity index (χ3v) is 4.34. The summed E-state index contributed by atoms with van der Waals surface area (Å²) in [7, 11) is 5.36. The smallest absolute Gasteiger partial charge is 0.193 e. The van der Waals surface area contributed by atoms with Gasteiger partial charge in [-0.15, -0.1) is 24.0 Å². The number of ether oxygens (including phenoxy) is 1. The topological polar surface area (TPSA) is 54.7 Å². The number of halogens is 2. The molecule has 0 amide bonds. The molecule has 2 rings (SSSR count). The number of aryl methyl sites for hydroxylation is 1. The van der Waals surface area contributed by atoms with Crippen LogP contribution >= 0.6 is 24.0 Å². The van der Waals surface area contributed by atoms with Gasteiger partial charge >= 0.3 is 0 Å². The maximum absolute atomic E-state index is 13.4. The molecule has 0 atom stereocenters. The summed E-state index contributed by atoms with van der Waals surface area (Å²) in [6, 6.07) is 6.61. The minimum absolute atomic E-state index is 0. The van der Waals surface area contributed by atoms with E-state index in [-0.39, 0.29) is 29.8 Å². The Labute approximate surface area is 177 Å². The van der Waals surface area contributed by atoms with Crippen molar-refractivity contribution in [3.05, 3.63) is 52.6 Å². The maximum Gasteiger partial charge on any atom is 0.193 e. The number of nitrogens with zero attached hydrogens (tertiary/aromatic N) is 4. The van der Waals surface area contributed by atoms with E-state index in [9.17, 15) is 4.39 Å². The van der Waals surface area contributed by atoms with Crippen LogP contribution in [0, 0.1) is 19.7 Å². The number of hydrogen-bond acceptors (Lipinski definition) is 3. The van der Waals surface area contributed by atoms with Crippen molar-refractivity contribution in [2.75, 3.05) is 27.8 Å². The van der Waals surface area contributed by atoms with Crippen LogP contribution < -0.4 is 5.32 Å². The Kier molecular flexibility index (Phi) is 9.71. The summed E-state index contributed by atoms with van der Waals surface area (Å²) in [4.78, 5) is 6.29. The van der Waals surface area contributed by atoms with Crippen molar-refractivity contribution in [1.82, 2.24) is 20.0 Å². The van der Waals surface area contributed by atoms with E-state index in [4.69, 9.17) is 4.74 Å². The summed E-state index contributed by atoms with van der Waals surface area (Å²) in [6.07, 6.45) is 0. The van der Waals surface area contributed by atoms with Crippen molar-refractivity contribution < 1.29 is 9.13 Å². The van der Waals surface area contributed by atoms with Crippen molar-refractivity contribution >= 4 is 29.9 Å². The summed E-state index contributed by atoms with van der Waals surface area (Å²) in [5.41, 5.74) is 4.17. The molecule has 0 saturated heterocycles. The zero-order valence-electron chi connectivity index (χ0n) is 16.6. The molecule has 0 bridgehead atoms. The van der Waals surface area contributed by atoms with Crippen LogP contribution in [0.2, 0.25) is 0 Å². The van der Waals surface area contributed by atoms with Crippen molar-refractivity contribution in [2.24, 2.45) is 4.99 Å². The fourth-order valence-corrected chi connectivity index (χ4v) is 2.92. The quantitative estimate of drug-likeness (QED) is 0.369. The molecule has 0 aliphatic heterocycles. The van der Waals surface area contributed by atoms with Gasteiger partial charge in [-0.05, 0) is 31.5 Å². The summed E-state index contributed by atoms with van der Waals surface area (Å²) < 4.78 is 20.5. The molecule has 6 nitrogen and oxygen atoms in total. The lowest BCUT2D eigenvalue weighted by molar-refractivity contribution is 0.182. The lowest BCUT2D eigenvalue weighted by Gasteiger charge is -2.22. The van der Waals surface area contributed by atoms with E-state index < -0.39 is 0 Å². The zero-order chi connectivity index (χ0) is 19.1. The van der Waals surface area contributed by atoms with Crippen LogP contribution in [0.1, 0.15) is 22.5 Å². The molecule has 0 aliphatic carbocycles. The summed E-state index contributed by atoms with van der Waals surface area (Å²) in [5.74, 6) is 0.520. The highest BCUT2D eigenvalue weighted by Gasteiger charge is 2.13. The molecule has 8 heteroatoms. The Morgan fingerprint density at radius 2 is 2.11 bits per heavy atom. The Bertz CT molecular complexity index is 763. The number of aromatic nitrogens is 2. The molecular formula is C19H29FIN5O. The largest absolute Gasteiger partial charge is 0.383 e. The fourth-order valence-electron chi connectivity index (χ4n) is 2.92. The highest BCUT2D eigenvalue weighted by molar-refractivity contribution is 14.0. The molecule has 150 valence electrons. The second kappa shape index (κ2) is 11.2. The lowest BCUT2D eigenvalue weighted by atomic mass is 10.2. The van der Waals surface area contributed by atoms with Gasteiger partial charge < -0.3 is 15.0 Å². The Morgan fingerprint density at radius 3 is 2.74 bits per heavy atom. The molecule has 0 fully saturated rings. The van der Waals surface area contributed by atoms with E-state index in [2.05, 4.69) is 22.3 Å². The van der Waals surface area contributed by atoms with Crippen LogP contribution in [-0.4, -0.2) is 48.5 Å². The third kappa shape index (κ3) is 6.46. The zero-order valence-corrected chi connectivity index (χ0v) is 19.0. The van der Waals surface area contributed by atoms with Gasteiger partial charge in [-0.25, -0.2) is 4.39 Å². The average Bonchev–Trinajstić information content (AvgIpc) is 2.87. The van der Waals surface area contributed by atoms with E-state index in [0.717, 1.165) is 35.0 Å². The van der Waals surface area contributed by atoms with Crippen LogP contribution in [0.3, 0.4) is 0 Å². The molecule has 0 aliphatic rings. The van der Waals surface area contributed by atoms with Gasteiger partial charge in [0.05, 0.1) is 18.8 Å². The van der Waals surface area contributed by atoms with Gasteiger partial charge in [0, 0.05) is 45.6 Å². The molecular weight excluding hydrogens is 460 g/mol. The first-order chi connectivity index (χ1) is 12.5. The van der Waals surface area contributed by atoms with Gasteiger partial charge in [0.25, 0.3) is 0 Å². The second-order valence-corrected chi connectivity index (χ2v) is 6.25. The summed E-state index contributed by atoms with van der Waals surface area (Å²) in [5, 5.41) is 7.94. The predicted molar refractivity (Wildman–Crippen MR) is 117 cm³/mol. The SMILES string of the molecule is CN=C(NCc1c(C)nn(CCOC)c1C)N(C)Cc1cccc(F)c1.I. The molecule has 1 aromatic carbocycles. The molecule has 1 heterocycles. The lowest BCUT2D eigenvalue weighted by Crippen LogP contribution is -2.38. The normalized spacial score (nSPS) is 11.3. The Morgan fingerprint density at radius 1 is 1.37 bits per heavy atom. The van der Waals surface area contributed by atoms with Crippen LogP contribution in [0.25, 0.3) is 0 Å². The number of hydrogen-bond donors (Lipinski definition) is 1. The number of rotatable bonds is 7. The van der Waals surface area contributed by atoms with E-state index in [1.807, 2.05) is 29.6 Å². The minimum Gasteiger partial charge on any atom is -0.383 e. The molecule has 0 radical (unpaired) electrons. The monoisotopic (exact) mass is 489 g/mol. The Hall–Kier alpha value is -1.68. The van der Waals surface area contributed by atoms with Crippen LogP contribution in [0.5, 0.6) is 0 Å². The molecule has 1 aromatic heterocycles. The standard InChI is InChI=1S/C19H28FN5O.HI/c1-14-18(15(2)25(23-14)9-10-26-5)12-22-19(21-3)24(4)13-16-7-6-8-17(20)11-16;/h6-8,11H,9-10,12-13H2,1-5H3,(H,21,22);1H. The summed E-state index contributed by atoms with van der Waals surface area (Å²) in [6.45, 7) is 6.63. The number of aliphatic imine (C=N–C) groups is 1. The first-order valence-corrected chi connectivity index (χ1v) is 8.64. The van der Waals surface area contributed by atoms with Crippen molar-refractivity contribution in [2.45, 2.75) is 33.5 Å². The first kappa shape index (κ1) is 23.4. The fraction of sp³-hybridized carbons (Fsp3) is 0.474. The van der Waals surface area contributed by atoms with Gasteiger partial charge in [0.2, 0.25) is 0 Å². The molecule has 0 saturated carbocycles. The Balaban J connectivity index is 0.00000364. The van der Waals surface area contributed by atoms with Gasteiger partial charge in [-0.3, -0.25) is 9.67 Å². The molecule has 0 spiro atoms. The van der Waals surface area contributed by atoms with Gasteiger partial charge in [0.1, 0.15) is 5.82 Å². The van der Waals surface area contributed by atoms with E-state index in [1.165, 1.54) is 12.1 Å². The van der Waals surface area contributed by atoms with E-state index in [0.29, 0.717) is 19.7 Å². The molecule has 1 N–H and O–H groups in total. The van der Waals surface area contributed by atoms with Crippen LogP contribution in [0.4, 0.5) is 4.39 Å².